The van der Waals surface area contributed by atoms with Crippen LogP contribution < -0.4 is 4.72 Å². The minimum absolute atomic E-state index is 0.0698. The van der Waals surface area contributed by atoms with Crippen molar-refractivity contribution in [1.29, 1.82) is 0 Å². The van der Waals surface area contributed by atoms with E-state index in [0.29, 0.717) is 6.42 Å². The van der Waals surface area contributed by atoms with Gasteiger partial charge in [0, 0.05) is 36.3 Å². The molecule has 0 amide bonds. The zero-order valence-corrected chi connectivity index (χ0v) is 12.3. The molecule has 1 aliphatic rings. The van der Waals surface area contributed by atoms with Crippen LogP contribution in [-0.4, -0.2) is 24.2 Å². The van der Waals surface area contributed by atoms with Crippen LogP contribution in [0.3, 0.4) is 0 Å². The molecule has 110 valence electrons. The monoisotopic (exact) mass is 303 g/mol. The lowest BCUT2D eigenvalue weighted by Crippen LogP contribution is -2.39. The van der Waals surface area contributed by atoms with E-state index in [4.69, 9.17) is 0 Å². The molecule has 1 N–H and O–H groups in total. The molecule has 1 aromatic carbocycles. The van der Waals surface area contributed by atoms with E-state index in [1.807, 2.05) is 41.1 Å². The highest BCUT2D eigenvalue weighted by molar-refractivity contribution is 7.92. The number of nitrogens with zero attached hydrogens (tertiary/aromatic N) is 2. The van der Waals surface area contributed by atoms with Gasteiger partial charge in [-0.05, 0) is 24.1 Å². The van der Waals surface area contributed by atoms with Crippen LogP contribution in [-0.2, 0) is 23.0 Å². The lowest BCUT2D eigenvalue weighted by Gasteiger charge is -2.23. The summed E-state index contributed by atoms with van der Waals surface area (Å²) in [5.74, 6) is 0. The number of nitrogens with one attached hydrogen (secondary N) is 1. The summed E-state index contributed by atoms with van der Waals surface area (Å²) in [7, 11) is -3.43. The maximum Gasteiger partial charge on any atom is 0.233 e. The molecule has 1 atom stereocenters. The summed E-state index contributed by atoms with van der Waals surface area (Å²) in [6, 6.07) is 11.2. The summed E-state index contributed by atoms with van der Waals surface area (Å²) in [5.41, 5.74) is 1.94. The van der Waals surface area contributed by atoms with E-state index in [0.717, 1.165) is 24.2 Å². The lowest BCUT2D eigenvalue weighted by atomic mass is 10.1. The zero-order chi connectivity index (χ0) is 14.7. The molecule has 5 nitrogen and oxygen atoms in total. The molecule has 0 saturated heterocycles. The highest BCUT2D eigenvalue weighted by Crippen LogP contribution is 2.15. The summed E-state index contributed by atoms with van der Waals surface area (Å²) in [5, 5.41) is 5.42. The lowest BCUT2D eigenvalue weighted by molar-refractivity contribution is 0.415. The second-order valence-electron chi connectivity index (χ2n) is 5.11. The smallest absolute Gasteiger partial charge is 0.233 e. The Morgan fingerprint density at radius 2 is 2.05 bits per heavy atom. The average molecular weight is 303 g/mol. The SMILES string of the molecule is O=S(=O)(C=Cc1ccccc1)NC1CCn2nccc2C1. The van der Waals surface area contributed by atoms with Gasteiger partial charge in [0.15, 0.2) is 0 Å². The van der Waals surface area contributed by atoms with E-state index < -0.39 is 10.0 Å². The summed E-state index contributed by atoms with van der Waals surface area (Å²) in [4.78, 5) is 0. The molecule has 21 heavy (non-hydrogen) atoms. The first-order valence-corrected chi connectivity index (χ1v) is 8.43. The molecule has 0 aliphatic carbocycles. The van der Waals surface area contributed by atoms with E-state index >= 15 is 0 Å². The normalized spacial score (nSPS) is 18.8. The van der Waals surface area contributed by atoms with Crippen LogP contribution in [0.4, 0.5) is 0 Å². The Bertz CT molecular complexity index is 735. The summed E-state index contributed by atoms with van der Waals surface area (Å²) >= 11 is 0. The minimum atomic E-state index is -3.43. The first kappa shape index (κ1) is 14.0. The maximum atomic E-state index is 12.1. The molecule has 0 bridgehead atoms. The van der Waals surface area contributed by atoms with Gasteiger partial charge in [-0.3, -0.25) is 4.68 Å². The average Bonchev–Trinajstić information content (AvgIpc) is 2.93. The quantitative estimate of drug-likeness (QED) is 0.936. The Morgan fingerprint density at radius 3 is 2.86 bits per heavy atom. The predicted octanol–water partition coefficient (Wildman–Crippen LogP) is 1.79. The van der Waals surface area contributed by atoms with Gasteiger partial charge in [0.05, 0.1) is 0 Å². The van der Waals surface area contributed by atoms with Gasteiger partial charge in [-0.25, -0.2) is 13.1 Å². The fourth-order valence-corrected chi connectivity index (χ4v) is 3.55. The molecular weight excluding hydrogens is 286 g/mol. The van der Waals surface area contributed by atoms with Crippen molar-refractivity contribution < 1.29 is 8.42 Å². The summed E-state index contributed by atoms with van der Waals surface area (Å²) < 4.78 is 28.9. The van der Waals surface area contributed by atoms with Gasteiger partial charge in [0.2, 0.25) is 10.0 Å². The Balaban J connectivity index is 1.66. The van der Waals surface area contributed by atoms with Crippen molar-refractivity contribution in [1.82, 2.24) is 14.5 Å². The Morgan fingerprint density at radius 1 is 1.24 bits per heavy atom. The molecule has 0 spiro atoms. The van der Waals surface area contributed by atoms with Crippen LogP contribution in [0.5, 0.6) is 0 Å². The van der Waals surface area contributed by atoms with Gasteiger partial charge in [-0.2, -0.15) is 5.10 Å². The van der Waals surface area contributed by atoms with Crippen molar-refractivity contribution in [2.45, 2.75) is 25.4 Å². The number of hydrogen-bond donors (Lipinski definition) is 1. The topological polar surface area (TPSA) is 64.0 Å². The molecule has 1 aliphatic heterocycles. The molecule has 1 unspecified atom stereocenters. The van der Waals surface area contributed by atoms with Crippen molar-refractivity contribution in [2.75, 3.05) is 0 Å². The molecule has 3 rings (SSSR count). The molecular formula is C15H17N3O2S. The summed E-state index contributed by atoms with van der Waals surface area (Å²) in [6.45, 7) is 0.748. The molecule has 6 heteroatoms. The van der Waals surface area contributed by atoms with E-state index in [1.165, 1.54) is 5.41 Å². The summed E-state index contributed by atoms with van der Waals surface area (Å²) in [6.07, 6.45) is 4.79. The van der Waals surface area contributed by atoms with E-state index in [1.54, 1.807) is 12.3 Å². The van der Waals surface area contributed by atoms with Crippen molar-refractivity contribution in [2.24, 2.45) is 0 Å². The number of fused-ring (bicyclic) bond motifs is 1. The highest BCUT2D eigenvalue weighted by Gasteiger charge is 2.22. The fraction of sp³-hybridized carbons (Fsp3) is 0.267. The van der Waals surface area contributed by atoms with Gasteiger partial charge in [-0.1, -0.05) is 30.3 Å². The largest absolute Gasteiger partial charge is 0.269 e. The van der Waals surface area contributed by atoms with E-state index in [-0.39, 0.29) is 6.04 Å². The third-order valence-corrected chi connectivity index (χ3v) is 4.68. The van der Waals surface area contributed by atoms with Gasteiger partial charge in [0.25, 0.3) is 0 Å². The van der Waals surface area contributed by atoms with Crippen LogP contribution in [0, 0.1) is 0 Å². The third-order valence-electron chi connectivity index (χ3n) is 3.52. The first-order valence-electron chi connectivity index (χ1n) is 6.88. The molecule has 1 aromatic heterocycles. The number of hydrogen-bond acceptors (Lipinski definition) is 3. The van der Waals surface area contributed by atoms with Gasteiger partial charge in [-0.15, -0.1) is 0 Å². The minimum Gasteiger partial charge on any atom is -0.269 e. The Labute approximate surface area is 124 Å². The standard InChI is InChI=1S/C15H17N3O2S/c19-21(20,11-8-13-4-2-1-3-5-13)17-14-7-10-18-15(12-14)6-9-16-18/h1-6,8-9,11,14,17H,7,10,12H2. The Kier molecular flexibility index (Phi) is 3.90. The molecule has 0 radical (unpaired) electrons. The zero-order valence-electron chi connectivity index (χ0n) is 11.5. The van der Waals surface area contributed by atoms with Crippen LogP contribution in [0.25, 0.3) is 6.08 Å². The van der Waals surface area contributed by atoms with E-state index in [2.05, 4.69) is 9.82 Å². The molecule has 2 aromatic rings. The molecule has 0 saturated carbocycles. The number of sulfonamides is 1. The predicted molar refractivity (Wildman–Crippen MR) is 81.9 cm³/mol. The second-order valence-corrected chi connectivity index (χ2v) is 6.71. The van der Waals surface area contributed by atoms with Crippen molar-refractivity contribution in [3.05, 3.63) is 59.3 Å². The molecule has 0 fully saturated rings. The van der Waals surface area contributed by atoms with Crippen LogP contribution in [0.1, 0.15) is 17.7 Å². The Hall–Kier alpha value is -1.92. The maximum absolute atomic E-state index is 12.1. The van der Waals surface area contributed by atoms with E-state index in [9.17, 15) is 8.42 Å². The highest BCUT2D eigenvalue weighted by atomic mass is 32.2. The van der Waals surface area contributed by atoms with Crippen molar-refractivity contribution in [3.8, 4) is 0 Å². The van der Waals surface area contributed by atoms with Crippen LogP contribution in [0.2, 0.25) is 0 Å². The van der Waals surface area contributed by atoms with Crippen LogP contribution in [0.15, 0.2) is 48.0 Å². The van der Waals surface area contributed by atoms with Crippen molar-refractivity contribution >= 4 is 16.1 Å². The number of rotatable bonds is 4. The number of benzene rings is 1. The van der Waals surface area contributed by atoms with Gasteiger partial charge >= 0.3 is 0 Å². The number of aryl methyl sites for hydroxylation is 1. The first-order chi connectivity index (χ1) is 10.1. The molecule has 2 heterocycles. The van der Waals surface area contributed by atoms with Gasteiger partial charge in [0.1, 0.15) is 0 Å². The second kappa shape index (κ2) is 5.83. The van der Waals surface area contributed by atoms with Crippen molar-refractivity contribution in [3.63, 3.8) is 0 Å². The third kappa shape index (κ3) is 3.59. The van der Waals surface area contributed by atoms with Gasteiger partial charge < -0.3 is 0 Å². The number of aromatic nitrogens is 2. The fourth-order valence-electron chi connectivity index (χ4n) is 2.47. The van der Waals surface area contributed by atoms with Crippen LogP contribution >= 0.6 is 0 Å².